The van der Waals surface area contributed by atoms with E-state index in [4.69, 9.17) is 0 Å². The van der Waals surface area contributed by atoms with Crippen LogP contribution in [0.5, 0.6) is 0 Å². The van der Waals surface area contributed by atoms with Crippen LogP contribution in [-0.2, 0) is 9.84 Å². The normalized spacial score (nSPS) is 12.6. The molecular weight excluding hydrogens is 276 g/mol. The predicted molar refractivity (Wildman–Crippen MR) is 79.6 cm³/mol. The Kier molecular flexibility index (Phi) is 3.60. The third kappa shape index (κ3) is 2.85. The fraction of sp³-hybridized carbons (Fsp3) is 0.357. The van der Waals surface area contributed by atoms with E-state index in [9.17, 15) is 13.2 Å². The van der Waals surface area contributed by atoms with E-state index in [0.717, 1.165) is 10.9 Å². The Labute approximate surface area is 118 Å². The van der Waals surface area contributed by atoms with Crippen molar-refractivity contribution in [2.75, 3.05) is 12.8 Å². The molecule has 0 aliphatic rings. The summed E-state index contributed by atoms with van der Waals surface area (Å²) in [7, 11) is -3.23. The van der Waals surface area contributed by atoms with Crippen molar-refractivity contribution in [3.63, 3.8) is 0 Å². The highest BCUT2D eigenvalue weighted by atomic mass is 32.2. The molecule has 0 saturated carbocycles. The smallest absolute Gasteiger partial charge is 0.251 e. The second kappa shape index (κ2) is 4.94. The van der Waals surface area contributed by atoms with Gasteiger partial charge in [0, 0.05) is 30.1 Å². The lowest BCUT2D eigenvalue weighted by Gasteiger charge is -2.22. The summed E-state index contributed by atoms with van der Waals surface area (Å²) in [5, 5.41) is 3.70. The first-order valence-electron chi connectivity index (χ1n) is 6.26. The summed E-state index contributed by atoms with van der Waals surface area (Å²) in [5.74, 6) is -0.279. The number of carbonyl (C=O) groups is 1. The summed E-state index contributed by atoms with van der Waals surface area (Å²) in [6.07, 6.45) is 2.98. The zero-order chi connectivity index (χ0) is 15.0. The standard InChI is InChI=1S/C14H18N2O3S/c1-14(2,20(3,18)19)9-16-13(17)11-5-4-10-6-7-15-12(10)8-11/h4-8,15H,9H2,1-3H3,(H,16,17). The SMILES string of the molecule is CC(C)(CNC(=O)c1ccc2cc[nH]c2c1)S(C)(=O)=O. The summed E-state index contributed by atoms with van der Waals surface area (Å²) < 4.78 is 22.2. The first-order valence-corrected chi connectivity index (χ1v) is 8.15. The third-order valence-corrected chi connectivity index (χ3v) is 5.65. The third-order valence-electron chi connectivity index (χ3n) is 3.50. The summed E-state index contributed by atoms with van der Waals surface area (Å²) in [4.78, 5) is 15.1. The van der Waals surface area contributed by atoms with Crippen molar-refractivity contribution in [3.05, 3.63) is 36.0 Å². The minimum atomic E-state index is -3.23. The Morgan fingerprint density at radius 2 is 2.00 bits per heavy atom. The van der Waals surface area contributed by atoms with E-state index in [1.54, 1.807) is 32.2 Å². The van der Waals surface area contributed by atoms with Crippen molar-refractivity contribution < 1.29 is 13.2 Å². The molecule has 1 aromatic carbocycles. The van der Waals surface area contributed by atoms with Gasteiger partial charge in [-0.25, -0.2) is 8.42 Å². The number of sulfone groups is 1. The first-order chi connectivity index (χ1) is 9.21. The zero-order valence-electron chi connectivity index (χ0n) is 11.7. The van der Waals surface area contributed by atoms with Gasteiger partial charge in [0.15, 0.2) is 9.84 Å². The molecule has 0 bridgehead atoms. The Balaban J connectivity index is 2.12. The van der Waals surface area contributed by atoms with Crippen LogP contribution in [0.3, 0.4) is 0 Å². The summed E-state index contributed by atoms with van der Waals surface area (Å²) in [6, 6.07) is 7.24. The number of carbonyl (C=O) groups excluding carboxylic acids is 1. The minimum absolute atomic E-state index is 0.0768. The molecule has 2 rings (SSSR count). The summed E-state index contributed by atoms with van der Waals surface area (Å²) in [6.45, 7) is 3.26. The Morgan fingerprint density at radius 3 is 2.65 bits per heavy atom. The number of hydrogen-bond acceptors (Lipinski definition) is 3. The highest BCUT2D eigenvalue weighted by Crippen LogP contribution is 2.16. The predicted octanol–water partition coefficient (Wildman–Crippen LogP) is 1.72. The minimum Gasteiger partial charge on any atom is -0.361 e. The van der Waals surface area contributed by atoms with Crippen molar-refractivity contribution >= 4 is 26.6 Å². The lowest BCUT2D eigenvalue weighted by molar-refractivity contribution is 0.0950. The van der Waals surface area contributed by atoms with Crippen LogP contribution in [0.1, 0.15) is 24.2 Å². The van der Waals surface area contributed by atoms with Gasteiger partial charge in [0.1, 0.15) is 0 Å². The van der Waals surface area contributed by atoms with Crippen LogP contribution < -0.4 is 5.32 Å². The zero-order valence-corrected chi connectivity index (χ0v) is 12.5. The number of nitrogens with one attached hydrogen (secondary N) is 2. The van der Waals surface area contributed by atoms with Crippen LogP contribution in [0.4, 0.5) is 0 Å². The van der Waals surface area contributed by atoms with E-state index < -0.39 is 14.6 Å². The Hall–Kier alpha value is -1.82. The topological polar surface area (TPSA) is 79.0 Å². The largest absolute Gasteiger partial charge is 0.361 e. The lowest BCUT2D eigenvalue weighted by Crippen LogP contribution is -2.43. The fourth-order valence-electron chi connectivity index (χ4n) is 1.72. The van der Waals surface area contributed by atoms with Crippen molar-refractivity contribution in [1.29, 1.82) is 0 Å². The number of aromatic nitrogens is 1. The van der Waals surface area contributed by atoms with Gasteiger partial charge in [-0.3, -0.25) is 4.79 Å². The molecule has 2 aromatic rings. The van der Waals surface area contributed by atoms with E-state index in [1.807, 2.05) is 12.1 Å². The van der Waals surface area contributed by atoms with Gasteiger partial charge in [0.25, 0.3) is 5.91 Å². The van der Waals surface area contributed by atoms with Crippen LogP contribution >= 0.6 is 0 Å². The van der Waals surface area contributed by atoms with Gasteiger partial charge in [-0.05, 0) is 37.4 Å². The average Bonchev–Trinajstić information content (AvgIpc) is 2.81. The number of aromatic amines is 1. The monoisotopic (exact) mass is 294 g/mol. The average molecular weight is 294 g/mol. The van der Waals surface area contributed by atoms with Gasteiger partial charge in [-0.2, -0.15) is 0 Å². The van der Waals surface area contributed by atoms with Gasteiger partial charge in [-0.1, -0.05) is 6.07 Å². The van der Waals surface area contributed by atoms with E-state index in [2.05, 4.69) is 10.3 Å². The molecule has 0 saturated heterocycles. The molecule has 0 spiro atoms. The maximum Gasteiger partial charge on any atom is 0.251 e. The second-order valence-electron chi connectivity index (χ2n) is 5.49. The molecule has 1 heterocycles. The molecule has 1 amide bonds. The van der Waals surface area contributed by atoms with Crippen LogP contribution in [-0.4, -0.2) is 36.9 Å². The number of rotatable bonds is 4. The van der Waals surface area contributed by atoms with Gasteiger partial charge in [-0.15, -0.1) is 0 Å². The molecule has 2 N–H and O–H groups in total. The Bertz CT molecular complexity index is 745. The van der Waals surface area contributed by atoms with E-state index in [0.29, 0.717) is 5.56 Å². The summed E-state index contributed by atoms with van der Waals surface area (Å²) >= 11 is 0. The summed E-state index contributed by atoms with van der Waals surface area (Å²) in [5.41, 5.74) is 1.38. The van der Waals surface area contributed by atoms with E-state index in [-0.39, 0.29) is 12.5 Å². The molecule has 1 aromatic heterocycles. The van der Waals surface area contributed by atoms with E-state index in [1.165, 1.54) is 6.26 Å². The fourth-order valence-corrected chi connectivity index (χ4v) is 2.05. The number of amides is 1. The molecule has 0 aliphatic carbocycles. The highest BCUT2D eigenvalue weighted by Gasteiger charge is 2.30. The van der Waals surface area contributed by atoms with Crippen molar-refractivity contribution in [2.24, 2.45) is 0 Å². The van der Waals surface area contributed by atoms with Crippen LogP contribution in [0.25, 0.3) is 10.9 Å². The molecule has 0 unspecified atom stereocenters. The van der Waals surface area contributed by atoms with Crippen LogP contribution in [0.15, 0.2) is 30.5 Å². The molecule has 6 heteroatoms. The first kappa shape index (κ1) is 14.6. The maximum absolute atomic E-state index is 12.1. The van der Waals surface area contributed by atoms with Crippen molar-refractivity contribution in [1.82, 2.24) is 10.3 Å². The molecule has 108 valence electrons. The number of H-pyrrole nitrogens is 1. The van der Waals surface area contributed by atoms with Crippen molar-refractivity contribution in [2.45, 2.75) is 18.6 Å². The molecule has 0 aliphatic heterocycles. The molecular formula is C14H18N2O3S. The van der Waals surface area contributed by atoms with Crippen LogP contribution in [0, 0.1) is 0 Å². The van der Waals surface area contributed by atoms with Gasteiger partial charge >= 0.3 is 0 Å². The second-order valence-corrected chi connectivity index (χ2v) is 8.14. The molecule has 0 radical (unpaired) electrons. The van der Waals surface area contributed by atoms with Gasteiger partial charge in [0.05, 0.1) is 4.75 Å². The maximum atomic E-state index is 12.1. The van der Waals surface area contributed by atoms with Gasteiger partial charge < -0.3 is 10.3 Å². The number of benzene rings is 1. The van der Waals surface area contributed by atoms with Gasteiger partial charge in [0.2, 0.25) is 0 Å². The molecule has 20 heavy (non-hydrogen) atoms. The highest BCUT2D eigenvalue weighted by molar-refractivity contribution is 7.92. The molecule has 0 atom stereocenters. The number of fused-ring (bicyclic) bond motifs is 1. The number of hydrogen-bond donors (Lipinski definition) is 2. The molecule has 0 fully saturated rings. The lowest BCUT2D eigenvalue weighted by atomic mass is 10.1. The molecule has 5 nitrogen and oxygen atoms in total. The van der Waals surface area contributed by atoms with Crippen LogP contribution in [0.2, 0.25) is 0 Å². The van der Waals surface area contributed by atoms with E-state index >= 15 is 0 Å². The Morgan fingerprint density at radius 1 is 1.30 bits per heavy atom. The quantitative estimate of drug-likeness (QED) is 0.901. The van der Waals surface area contributed by atoms with Crippen molar-refractivity contribution in [3.8, 4) is 0 Å².